The third kappa shape index (κ3) is 6.41. The van der Waals surface area contributed by atoms with E-state index in [4.69, 9.17) is 0 Å². The number of rotatable bonds is 7. The van der Waals surface area contributed by atoms with Crippen LogP contribution in [-0.4, -0.2) is 52.5 Å². The lowest BCUT2D eigenvalue weighted by molar-refractivity contribution is 0.0951. The molecule has 1 aliphatic carbocycles. The third-order valence-electron chi connectivity index (χ3n) is 4.43. The van der Waals surface area contributed by atoms with E-state index in [9.17, 15) is 13.2 Å². The minimum absolute atomic E-state index is 0.00919. The van der Waals surface area contributed by atoms with Crippen molar-refractivity contribution in [2.45, 2.75) is 49.5 Å². The molecule has 1 aromatic rings. The zero-order valence-corrected chi connectivity index (χ0v) is 15.9. The molecule has 25 heavy (non-hydrogen) atoms. The minimum Gasteiger partial charge on any atom is -0.351 e. The SMILES string of the molecule is CN(C)CCNC(=O)c1cccc(S(=O)(=O)NC2CCCCCC2)c1. The molecule has 1 fully saturated rings. The standard InChI is InChI=1S/C18H29N3O3S/c1-21(2)13-12-19-18(22)15-8-7-11-17(14-15)25(23,24)20-16-9-5-3-4-6-10-16/h7-8,11,14,16,20H,3-6,9-10,12-13H2,1-2H3,(H,19,22). The first-order chi connectivity index (χ1) is 11.9. The Morgan fingerprint density at radius 2 is 1.84 bits per heavy atom. The van der Waals surface area contributed by atoms with Gasteiger partial charge in [0, 0.05) is 24.7 Å². The van der Waals surface area contributed by atoms with E-state index in [-0.39, 0.29) is 16.8 Å². The number of amides is 1. The molecule has 0 spiro atoms. The zero-order valence-electron chi connectivity index (χ0n) is 15.1. The van der Waals surface area contributed by atoms with E-state index in [1.54, 1.807) is 12.1 Å². The first-order valence-electron chi connectivity index (χ1n) is 8.94. The van der Waals surface area contributed by atoms with Crippen LogP contribution in [0.2, 0.25) is 0 Å². The average molecular weight is 368 g/mol. The average Bonchev–Trinajstić information content (AvgIpc) is 2.82. The summed E-state index contributed by atoms with van der Waals surface area (Å²) in [6.07, 6.45) is 6.21. The Morgan fingerprint density at radius 3 is 2.48 bits per heavy atom. The molecule has 1 aromatic carbocycles. The molecule has 0 aromatic heterocycles. The van der Waals surface area contributed by atoms with Gasteiger partial charge in [-0.25, -0.2) is 13.1 Å². The van der Waals surface area contributed by atoms with Crippen LogP contribution in [0.1, 0.15) is 48.9 Å². The van der Waals surface area contributed by atoms with Gasteiger partial charge >= 0.3 is 0 Å². The van der Waals surface area contributed by atoms with Crippen molar-refractivity contribution in [2.75, 3.05) is 27.2 Å². The molecule has 0 bridgehead atoms. The lowest BCUT2D eigenvalue weighted by atomic mass is 10.1. The van der Waals surface area contributed by atoms with Crippen molar-refractivity contribution in [2.24, 2.45) is 0 Å². The molecule has 2 N–H and O–H groups in total. The van der Waals surface area contributed by atoms with Crippen LogP contribution in [0, 0.1) is 0 Å². The van der Waals surface area contributed by atoms with Gasteiger partial charge in [0.1, 0.15) is 0 Å². The lowest BCUT2D eigenvalue weighted by Gasteiger charge is -2.17. The Bertz CT molecular complexity index is 666. The summed E-state index contributed by atoms with van der Waals surface area (Å²) in [7, 11) is 0.254. The second-order valence-corrected chi connectivity index (χ2v) is 8.61. The number of likely N-dealkylation sites (N-methyl/N-ethyl adjacent to an activating group) is 1. The summed E-state index contributed by atoms with van der Waals surface area (Å²) < 4.78 is 28.1. The normalized spacial score (nSPS) is 16.6. The molecule has 0 saturated heterocycles. The maximum Gasteiger partial charge on any atom is 0.251 e. The smallest absolute Gasteiger partial charge is 0.251 e. The van der Waals surface area contributed by atoms with Crippen LogP contribution in [0.5, 0.6) is 0 Å². The van der Waals surface area contributed by atoms with Crippen LogP contribution in [-0.2, 0) is 10.0 Å². The summed E-state index contributed by atoms with van der Waals surface area (Å²) >= 11 is 0. The summed E-state index contributed by atoms with van der Waals surface area (Å²) in [5.41, 5.74) is 0.363. The minimum atomic E-state index is -3.60. The van der Waals surface area contributed by atoms with Crippen LogP contribution in [0.15, 0.2) is 29.2 Å². The number of nitrogens with zero attached hydrogens (tertiary/aromatic N) is 1. The number of hydrogen-bond donors (Lipinski definition) is 2. The van der Waals surface area contributed by atoms with E-state index in [1.807, 2.05) is 19.0 Å². The highest BCUT2D eigenvalue weighted by Gasteiger charge is 2.22. The maximum atomic E-state index is 12.6. The highest BCUT2D eigenvalue weighted by molar-refractivity contribution is 7.89. The molecule has 7 heteroatoms. The zero-order chi connectivity index (χ0) is 18.3. The number of nitrogens with one attached hydrogen (secondary N) is 2. The van der Waals surface area contributed by atoms with Gasteiger partial charge in [-0.1, -0.05) is 31.7 Å². The van der Waals surface area contributed by atoms with Crippen molar-refractivity contribution in [1.29, 1.82) is 0 Å². The van der Waals surface area contributed by atoms with E-state index in [2.05, 4.69) is 10.0 Å². The highest BCUT2D eigenvalue weighted by Crippen LogP contribution is 2.20. The Morgan fingerprint density at radius 1 is 1.16 bits per heavy atom. The van der Waals surface area contributed by atoms with E-state index >= 15 is 0 Å². The molecule has 1 saturated carbocycles. The largest absolute Gasteiger partial charge is 0.351 e. The van der Waals surface area contributed by atoms with Gasteiger partial charge < -0.3 is 10.2 Å². The number of carbonyl (C=O) groups excluding carboxylic acids is 1. The topological polar surface area (TPSA) is 78.5 Å². The van der Waals surface area contributed by atoms with Crippen molar-refractivity contribution in [3.05, 3.63) is 29.8 Å². The molecule has 0 atom stereocenters. The number of hydrogen-bond acceptors (Lipinski definition) is 4. The predicted octanol–water partition coefficient (Wildman–Crippen LogP) is 1.98. The quantitative estimate of drug-likeness (QED) is 0.723. The summed E-state index contributed by atoms with van der Waals surface area (Å²) in [5.74, 6) is -0.256. The van der Waals surface area contributed by atoms with Crippen LogP contribution < -0.4 is 10.0 Å². The van der Waals surface area contributed by atoms with Gasteiger partial charge in [0.25, 0.3) is 5.91 Å². The molecule has 0 unspecified atom stereocenters. The van der Waals surface area contributed by atoms with E-state index in [1.165, 1.54) is 25.0 Å². The van der Waals surface area contributed by atoms with E-state index in [0.717, 1.165) is 32.2 Å². The molecular weight excluding hydrogens is 338 g/mol. The molecule has 140 valence electrons. The Hall–Kier alpha value is -1.44. The first-order valence-corrected chi connectivity index (χ1v) is 10.4. The molecule has 0 radical (unpaired) electrons. The second kappa shape index (κ2) is 9.31. The molecule has 6 nitrogen and oxygen atoms in total. The molecule has 0 aliphatic heterocycles. The second-order valence-electron chi connectivity index (χ2n) is 6.90. The van der Waals surface area contributed by atoms with Crippen LogP contribution in [0.25, 0.3) is 0 Å². The van der Waals surface area contributed by atoms with Crippen molar-refractivity contribution >= 4 is 15.9 Å². The fourth-order valence-corrected chi connectivity index (χ4v) is 4.33. The van der Waals surface area contributed by atoms with Crippen molar-refractivity contribution in [1.82, 2.24) is 14.9 Å². The van der Waals surface area contributed by atoms with Crippen LogP contribution in [0.3, 0.4) is 0 Å². The summed E-state index contributed by atoms with van der Waals surface area (Å²) in [6.45, 7) is 1.25. The van der Waals surface area contributed by atoms with Gasteiger partial charge in [-0.3, -0.25) is 4.79 Å². The van der Waals surface area contributed by atoms with Crippen LogP contribution >= 0.6 is 0 Å². The molecular formula is C18H29N3O3S. The number of benzene rings is 1. The fourth-order valence-electron chi connectivity index (χ4n) is 2.98. The molecule has 1 amide bonds. The van der Waals surface area contributed by atoms with Crippen molar-refractivity contribution < 1.29 is 13.2 Å². The van der Waals surface area contributed by atoms with Gasteiger partial charge in [0.05, 0.1) is 4.90 Å². The summed E-state index contributed by atoms with van der Waals surface area (Å²) in [5, 5.41) is 2.80. The molecule has 0 heterocycles. The molecule has 2 rings (SSSR count). The van der Waals surface area contributed by atoms with E-state index in [0.29, 0.717) is 12.1 Å². The van der Waals surface area contributed by atoms with Gasteiger partial charge in [-0.2, -0.15) is 0 Å². The third-order valence-corrected chi connectivity index (χ3v) is 5.95. The van der Waals surface area contributed by atoms with E-state index < -0.39 is 10.0 Å². The number of carbonyl (C=O) groups is 1. The van der Waals surface area contributed by atoms with Gasteiger partial charge in [0.2, 0.25) is 10.0 Å². The number of sulfonamides is 1. The Kier molecular flexibility index (Phi) is 7.40. The van der Waals surface area contributed by atoms with Crippen molar-refractivity contribution in [3.8, 4) is 0 Å². The fraction of sp³-hybridized carbons (Fsp3) is 0.611. The van der Waals surface area contributed by atoms with Gasteiger partial charge in [-0.15, -0.1) is 0 Å². The first kappa shape index (κ1) is 19.9. The Labute approximate surface area is 151 Å². The summed E-state index contributed by atoms with van der Waals surface area (Å²) in [6, 6.07) is 6.22. The highest BCUT2D eigenvalue weighted by atomic mass is 32.2. The molecule has 1 aliphatic rings. The monoisotopic (exact) mass is 367 g/mol. The predicted molar refractivity (Wildman–Crippen MR) is 99.1 cm³/mol. The van der Waals surface area contributed by atoms with Gasteiger partial charge in [0.15, 0.2) is 0 Å². The lowest BCUT2D eigenvalue weighted by Crippen LogP contribution is -2.34. The van der Waals surface area contributed by atoms with Crippen molar-refractivity contribution in [3.63, 3.8) is 0 Å². The summed E-state index contributed by atoms with van der Waals surface area (Å²) in [4.78, 5) is 14.3. The van der Waals surface area contributed by atoms with Gasteiger partial charge in [-0.05, 0) is 45.1 Å². The maximum absolute atomic E-state index is 12.6. The Balaban J connectivity index is 2.04. The van der Waals surface area contributed by atoms with Crippen LogP contribution in [0.4, 0.5) is 0 Å².